The minimum Gasteiger partial charge on any atom is -0.370 e. The third-order valence-electron chi connectivity index (χ3n) is 2.23. The molecular weight excluding hydrogens is 216 g/mol. The van der Waals surface area contributed by atoms with Crippen LogP contribution in [0.3, 0.4) is 0 Å². The van der Waals surface area contributed by atoms with E-state index >= 15 is 0 Å². The van der Waals surface area contributed by atoms with Gasteiger partial charge in [-0.2, -0.15) is 0 Å². The van der Waals surface area contributed by atoms with Crippen LogP contribution in [0.5, 0.6) is 0 Å². The lowest BCUT2D eigenvalue weighted by Crippen LogP contribution is -2.33. The van der Waals surface area contributed by atoms with Crippen LogP contribution in [0.4, 0.5) is 5.82 Å². The second-order valence-corrected chi connectivity index (χ2v) is 3.88. The number of pyridine rings is 1. The molecule has 0 atom stereocenters. The van der Waals surface area contributed by atoms with E-state index in [2.05, 4.69) is 20.9 Å². The van der Waals surface area contributed by atoms with Gasteiger partial charge >= 0.3 is 0 Å². The Labute approximate surface area is 102 Å². The molecule has 3 N–H and O–H groups in total. The van der Waals surface area contributed by atoms with Crippen molar-refractivity contribution in [2.45, 2.75) is 13.3 Å². The van der Waals surface area contributed by atoms with Gasteiger partial charge in [-0.1, -0.05) is 6.07 Å². The van der Waals surface area contributed by atoms with E-state index in [4.69, 9.17) is 0 Å². The number of carbonyl (C=O) groups excluding carboxylic acids is 1. The Morgan fingerprint density at radius 2 is 2.18 bits per heavy atom. The summed E-state index contributed by atoms with van der Waals surface area (Å²) in [5.74, 6) is 0.901. The predicted molar refractivity (Wildman–Crippen MR) is 69.0 cm³/mol. The van der Waals surface area contributed by atoms with Gasteiger partial charge in [0, 0.05) is 19.3 Å². The Bertz CT molecular complexity index is 337. The van der Waals surface area contributed by atoms with Crippen LogP contribution in [0, 0.1) is 6.92 Å². The molecule has 5 nitrogen and oxygen atoms in total. The van der Waals surface area contributed by atoms with Crippen LogP contribution in [-0.2, 0) is 4.79 Å². The van der Waals surface area contributed by atoms with Crippen molar-refractivity contribution in [2.24, 2.45) is 0 Å². The molecule has 0 aromatic carbocycles. The van der Waals surface area contributed by atoms with Crippen molar-refractivity contribution in [3.8, 4) is 0 Å². The molecule has 0 aliphatic carbocycles. The molecule has 0 aliphatic rings. The number of nitrogens with zero attached hydrogens (tertiary/aromatic N) is 1. The summed E-state index contributed by atoms with van der Waals surface area (Å²) in [7, 11) is 1.75. The highest BCUT2D eigenvalue weighted by molar-refractivity contribution is 5.77. The van der Waals surface area contributed by atoms with Crippen LogP contribution in [-0.4, -0.2) is 37.6 Å². The maximum absolute atomic E-state index is 11.1. The van der Waals surface area contributed by atoms with Gasteiger partial charge in [0.15, 0.2) is 0 Å². The molecule has 0 saturated heterocycles. The fourth-order valence-corrected chi connectivity index (χ4v) is 1.33. The topological polar surface area (TPSA) is 66.1 Å². The minimum atomic E-state index is 0.0287. The van der Waals surface area contributed by atoms with E-state index in [1.165, 1.54) is 0 Å². The number of likely N-dealkylation sites (N-methyl/N-ethyl adjacent to an activating group) is 1. The van der Waals surface area contributed by atoms with Crippen LogP contribution < -0.4 is 16.0 Å². The van der Waals surface area contributed by atoms with Gasteiger partial charge in [-0.05, 0) is 32.0 Å². The highest BCUT2D eigenvalue weighted by Gasteiger charge is 1.97. The largest absolute Gasteiger partial charge is 0.370 e. The van der Waals surface area contributed by atoms with Crippen molar-refractivity contribution < 1.29 is 4.79 Å². The summed E-state index contributed by atoms with van der Waals surface area (Å²) in [4.78, 5) is 15.3. The first-order valence-corrected chi connectivity index (χ1v) is 5.80. The Hall–Kier alpha value is -1.62. The summed E-state index contributed by atoms with van der Waals surface area (Å²) < 4.78 is 0. The molecule has 94 valence electrons. The Balaban J connectivity index is 2.08. The van der Waals surface area contributed by atoms with Gasteiger partial charge in [-0.15, -0.1) is 0 Å². The molecule has 0 aliphatic heterocycles. The molecule has 0 spiro atoms. The van der Waals surface area contributed by atoms with Gasteiger partial charge in [-0.25, -0.2) is 4.98 Å². The summed E-state index contributed by atoms with van der Waals surface area (Å²) in [6, 6.07) is 3.97. The first-order valence-electron chi connectivity index (χ1n) is 5.80. The maximum Gasteiger partial charge on any atom is 0.233 e. The van der Waals surface area contributed by atoms with Crippen molar-refractivity contribution in [2.75, 3.05) is 32.0 Å². The Morgan fingerprint density at radius 1 is 1.35 bits per heavy atom. The van der Waals surface area contributed by atoms with Crippen LogP contribution in [0.15, 0.2) is 18.3 Å². The smallest absolute Gasteiger partial charge is 0.233 e. The normalized spacial score (nSPS) is 10.0. The number of amides is 1. The molecule has 0 saturated carbocycles. The van der Waals surface area contributed by atoms with Crippen molar-refractivity contribution in [1.29, 1.82) is 0 Å². The molecular formula is C12H20N4O. The summed E-state index contributed by atoms with van der Waals surface area (Å²) in [6.07, 6.45) is 2.71. The van der Waals surface area contributed by atoms with E-state index in [0.717, 1.165) is 24.3 Å². The fraction of sp³-hybridized carbons (Fsp3) is 0.500. The number of anilines is 1. The highest BCUT2D eigenvalue weighted by Crippen LogP contribution is 2.03. The molecule has 1 amide bonds. The lowest BCUT2D eigenvalue weighted by Gasteiger charge is -2.07. The summed E-state index contributed by atoms with van der Waals surface area (Å²) in [5, 5.41) is 8.82. The van der Waals surface area contributed by atoms with Gasteiger partial charge in [-0.3, -0.25) is 4.79 Å². The minimum absolute atomic E-state index is 0.0287. The molecule has 1 heterocycles. The van der Waals surface area contributed by atoms with Gasteiger partial charge in [0.05, 0.1) is 6.54 Å². The zero-order valence-electron chi connectivity index (χ0n) is 10.4. The van der Waals surface area contributed by atoms with E-state index in [1.807, 2.05) is 25.3 Å². The Kier molecular flexibility index (Phi) is 6.03. The fourth-order valence-electron chi connectivity index (χ4n) is 1.33. The highest BCUT2D eigenvalue weighted by atomic mass is 16.1. The van der Waals surface area contributed by atoms with Crippen molar-refractivity contribution in [1.82, 2.24) is 15.6 Å². The van der Waals surface area contributed by atoms with Gasteiger partial charge in [0.2, 0.25) is 5.91 Å². The molecule has 0 fully saturated rings. The standard InChI is InChI=1S/C12H20N4O/c1-10-4-5-11(16-8-10)14-6-3-7-15-12(17)9-13-2/h4-5,8,13H,3,6-7,9H2,1-2H3,(H,14,16)(H,15,17). The van der Waals surface area contributed by atoms with Crippen molar-refractivity contribution in [3.63, 3.8) is 0 Å². The second-order valence-electron chi connectivity index (χ2n) is 3.88. The van der Waals surface area contributed by atoms with Gasteiger partial charge in [0.25, 0.3) is 0 Å². The average Bonchev–Trinajstić information content (AvgIpc) is 2.31. The molecule has 0 unspecified atom stereocenters. The molecule has 0 bridgehead atoms. The first kappa shape index (κ1) is 13.4. The number of hydrogen-bond acceptors (Lipinski definition) is 4. The molecule has 5 heteroatoms. The van der Waals surface area contributed by atoms with E-state index in [-0.39, 0.29) is 5.91 Å². The number of aromatic nitrogens is 1. The predicted octanol–water partition coefficient (Wildman–Crippen LogP) is 0.528. The number of nitrogens with one attached hydrogen (secondary N) is 3. The zero-order chi connectivity index (χ0) is 12.5. The molecule has 1 rings (SSSR count). The van der Waals surface area contributed by atoms with Gasteiger partial charge < -0.3 is 16.0 Å². The van der Waals surface area contributed by atoms with Crippen molar-refractivity contribution >= 4 is 11.7 Å². The zero-order valence-corrected chi connectivity index (χ0v) is 10.4. The monoisotopic (exact) mass is 236 g/mol. The van der Waals surface area contributed by atoms with E-state index in [0.29, 0.717) is 13.1 Å². The Morgan fingerprint density at radius 3 is 2.82 bits per heavy atom. The maximum atomic E-state index is 11.1. The van der Waals surface area contributed by atoms with E-state index in [9.17, 15) is 4.79 Å². The SMILES string of the molecule is CNCC(=O)NCCCNc1ccc(C)cn1. The number of carbonyl (C=O) groups is 1. The van der Waals surface area contributed by atoms with Gasteiger partial charge in [0.1, 0.15) is 5.82 Å². The quantitative estimate of drug-likeness (QED) is 0.604. The second kappa shape index (κ2) is 7.62. The number of aryl methyl sites for hydroxylation is 1. The van der Waals surface area contributed by atoms with E-state index in [1.54, 1.807) is 7.05 Å². The summed E-state index contributed by atoms with van der Waals surface area (Å²) in [6.45, 7) is 3.86. The summed E-state index contributed by atoms with van der Waals surface area (Å²) in [5.41, 5.74) is 1.15. The van der Waals surface area contributed by atoms with Crippen molar-refractivity contribution in [3.05, 3.63) is 23.9 Å². The molecule has 17 heavy (non-hydrogen) atoms. The molecule has 1 aromatic rings. The lowest BCUT2D eigenvalue weighted by atomic mass is 10.3. The third kappa shape index (κ3) is 5.87. The first-order chi connectivity index (χ1) is 8.22. The number of hydrogen-bond donors (Lipinski definition) is 3. The van der Waals surface area contributed by atoms with Crippen LogP contribution in [0.2, 0.25) is 0 Å². The summed E-state index contributed by atoms with van der Waals surface area (Å²) >= 11 is 0. The van der Waals surface area contributed by atoms with E-state index < -0.39 is 0 Å². The van der Waals surface area contributed by atoms with Crippen LogP contribution >= 0.6 is 0 Å². The number of rotatable bonds is 7. The van der Waals surface area contributed by atoms with Crippen LogP contribution in [0.1, 0.15) is 12.0 Å². The van der Waals surface area contributed by atoms with Crippen LogP contribution in [0.25, 0.3) is 0 Å². The molecule has 0 radical (unpaired) electrons. The lowest BCUT2D eigenvalue weighted by molar-refractivity contribution is -0.120. The average molecular weight is 236 g/mol. The third-order valence-corrected chi connectivity index (χ3v) is 2.23. The molecule has 1 aromatic heterocycles.